The number of imidazole rings is 1. The van der Waals surface area contributed by atoms with Crippen LogP contribution < -0.4 is 10.1 Å². The standard InChI is InChI=1S/C25H27N5O2S/c1-16-23(17(2)29(4)28-16)27-24(31)18(3)33-25-26-15-22(19-10-7-6-8-11-19)30(25)20-12-9-13-21(14-20)32-5/h6-15,18H,1-5H3,(H,27,31)/t18-/m1/s1. The van der Waals surface area contributed by atoms with Gasteiger partial charge < -0.3 is 10.1 Å². The summed E-state index contributed by atoms with van der Waals surface area (Å²) in [6.45, 7) is 5.71. The van der Waals surface area contributed by atoms with E-state index >= 15 is 0 Å². The summed E-state index contributed by atoms with van der Waals surface area (Å²) < 4.78 is 9.27. The maximum Gasteiger partial charge on any atom is 0.237 e. The third-order valence-corrected chi connectivity index (χ3v) is 6.59. The minimum absolute atomic E-state index is 0.0966. The van der Waals surface area contributed by atoms with E-state index in [1.54, 1.807) is 11.8 Å². The molecule has 0 fully saturated rings. The minimum Gasteiger partial charge on any atom is -0.497 e. The molecule has 0 aliphatic heterocycles. The Kier molecular flexibility index (Phi) is 6.55. The summed E-state index contributed by atoms with van der Waals surface area (Å²) in [5, 5.41) is 7.77. The van der Waals surface area contributed by atoms with Gasteiger partial charge in [-0.1, -0.05) is 48.2 Å². The molecular formula is C25H27N5O2S. The first-order valence-electron chi connectivity index (χ1n) is 10.6. The van der Waals surface area contributed by atoms with E-state index in [0.29, 0.717) is 0 Å². The smallest absolute Gasteiger partial charge is 0.237 e. The van der Waals surface area contributed by atoms with Crippen molar-refractivity contribution in [1.29, 1.82) is 0 Å². The molecule has 0 unspecified atom stereocenters. The lowest BCUT2D eigenvalue weighted by atomic mass is 10.1. The minimum atomic E-state index is -0.376. The predicted octanol–water partition coefficient (Wildman–Crippen LogP) is 5.02. The van der Waals surface area contributed by atoms with Crippen LogP contribution in [0.25, 0.3) is 16.9 Å². The number of benzene rings is 2. The van der Waals surface area contributed by atoms with Gasteiger partial charge in [0.1, 0.15) is 5.75 Å². The van der Waals surface area contributed by atoms with E-state index in [-0.39, 0.29) is 11.2 Å². The van der Waals surface area contributed by atoms with Crippen LogP contribution in [-0.2, 0) is 11.8 Å². The number of hydrogen-bond donors (Lipinski definition) is 1. The third-order valence-electron chi connectivity index (χ3n) is 5.52. The van der Waals surface area contributed by atoms with Crippen LogP contribution in [0.1, 0.15) is 18.3 Å². The fourth-order valence-electron chi connectivity index (χ4n) is 3.62. The highest BCUT2D eigenvalue weighted by atomic mass is 32.2. The third kappa shape index (κ3) is 4.66. The highest BCUT2D eigenvalue weighted by Gasteiger charge is 2.22. The van der Waals surface area contributed by atoms with Crippen LogP contribution in [0.3, 0.4) is 0 Å². The van der Waals surface area contributed by atoms with Gasteiger partial charge in [0.2, 0.25) is 5.91 Å². The lowest BCUT2D eigenvalue weighted by Crippen LogP contribution is -2.23. The Morgan fingerprint density at radius 1 is 1.12 bits per heavy atom. The van der Waals surface area contributed by atoms with Gasteiger partial charge in [0.25, 0.3) is 0 Å². The van der Waals surface area contributed by atoms with E-state index < -0.39 is 0 Å². The van der Waals surface area contributed by atoms with Gasteiger partial charge in [-0.05, 0) is 32.9 Å². The Morgan fingerprint density at radius 2 is 1.88 bits per heavy atom. The number of nitrogens with zero attached hydrogens (tertiary/aromatic N) is 4. The van der Waals surface area contributed by atoms with Crippen LogP contribution >= 0.6 is 11.8 Å². The monoisotopic (exact) mass is 461 g/mol. The Labute approximate surface area is 197 Å². The summed E-state index contributed by atoms with van der Waals surface area (Å²) in [6, 6.07) is 17.9. The lowest BCUT2D eigenvalue weighted by Gasteiger charge is -2.16. The van der Waals surface area contributed by atoms with E-state index in [9.17, 15) is 4.79 Å². The molecule has 4 aromatic rings. The lowest BCUT2D eigenvalue weighted by molar-refractivity contribution is -0.115. The summed E-state index contributed by atoms with van der Waals surface area (Å²) in [4.78, 5) is 17.7. The molecule has 0 saturated heterocycles. The normalized spacial score (nSPS) is 11.9. The Hall–Kier alpha value is -3.52. The maximum absolute atomic E-state index is 13.0. The van der Waals surface area contributed by atoms with Gasteiger partial charge in [0.15, 0.2) is 5.16 Å². The first kappa shape index (κ1) is 22.7. The molecule has 0 aliphatic carbocycles. The first-order valence-corrected chi connectivity index (χ1v) is 11.5. The van der Waals surface area contributed by atoms with Crippen molar-refractivity contribution in [1.82, 2.24) is 19.3 Å². The number of methoxy groups -OCH3 is 1. The van der Waals surface area contributed by atoms with Gasteiger partial charge in [-0.25, -0.2) is 4.98 Å². The number of thioether (sulfide) groups is 1. The molecule has 0 spiro atoms. The molecule has 1 atom stereocenters. The topological polar surface area (TPSA) is 74.0 Å². The number of amides is 1. The Morgan fingerprint density at radius 3 is 2.55 bits per heavy atom. The predicted molar refractivity (Wildman–Crippen MR) is 132 cm³/mol. The number of ether oxygens (including phenoxy) is 1. The van der Waals surface area contributed by atoms with E-state index in [0.717, 1.165) is 44.9 Å². The van der Waals surface area contributed by atoms with Gasteiger partial charge in [0.05, 0.1) is 47.0 Å². The number of aryl methyl sites for hydroxylation is 2. The summed E-state index contributed by atoms with van der Waals surface area (Å²) in [5.74, 6) is 0.658. The zero-order valence-electron chi connectivity index (χ0n) is 19.4. The van der Waals surface area contributed by atoms with Crippen molar-refractivity contribution in [3.05, 3.63) is 72.2 Å². The SMILES string of the molecule is COc1cccc(-n2c(-c3ccccc3)cnc2S[C@H](C)C(=O)Nc2c(C)nn(C)c2C)c1. The summed E-state index contributed by atoms with van der Waals surface area (Å²) in [6.07, 6.45) is 1.84. The van der Waals surface area contributed by atoms with Gasteiger partial charge in [-0.15, -0.1) is 0 Å². The van der Waals surface area contributed by atoms with Crippen molar-refractivity contribution < 1.29 is 9.53 Å². The van der Waals surface area contributed by atoms with E-state index in [1.807, 2.05) is 88.6 Å². The molecule has 0 aliphatic rings. The van der Waals surface area contributed by atoms with E-state index in [1.165, 1.54) is 11.8 Å². The summed E-state index contributed by atoms with van der Waals surface area (Å²) in [7, 11) is 3.52. The van der Waals surface area contributed by atoms with Gasteiger partial charge >= 0.3 is 0 Å². The fourth-order valence-corrected chi connectivity index (χ4v) is 4.53. The van der Waals surface area contributed by atoms with Gasteiger partial charge in [-0.2, -0.15) is 5.10 Å². The molecule has 8 heteroatoms. The van der Waals surface area contributed by atoms with Crippen LogP contribution in [0.5, 0.6) is 5.75 Å². The molecule has 170 valence electrons. The molecule has 0 saturated carbocycles. The molecule has 2 aromatic carbocycles. The van der Waals surface area contributed by atoms with Crippen molar-refractivity contribution in [2.45, 2.75) is 31.2 Å². The number of rotatable bonds is 7. The first-order chi connectivity index (χ1) is 15.9. The van der Waals surface area contributed by atoms with Gasteiger partial charge in [-0.3, -0.25) is 14.0 Å². The van der Waals surface area contributed by atoms with Crippen LogP contribution in [-0.4, -0.2) is 37.6 Å². The molecule has 2 aromatic heterocycles. The molecule has 0 radical (unpaired) electrons. The molecule has 4 rings (SSSR count). The molecular weight excluding hydrogens is 434 g/mol. The highest BCUT2D eigenvalue weighted by molar-refractivity contribution is 8.00. The summed E-state index contributed by atoms with van der Waals surface area (Å²) >= 11 is 1.41. The molecule has 0 bridgehead atoms. The number of carbonyl (C=O) groups excluding carboxylic acids is 1. The van der Waals surface area contributed by atoms with Crippen LogP contribution in [0.4, 0.5) is 5.69 Å². The van der Waals surface area contributed by atoms with Crippen molar-refractivity contribution in [3.63, 3.8) is 0 Å². The fraction of sp³-hybridized carbons (Fsp3) is 0.240. The molecule has 33 heavy (non-hydrogen) atoms. The second-order valence-electron chi connectivity index (χ2n) is 7.75. The van der Waals surface area contributed by atoms with E-state index in [2.05, 4.69) is 20.0 Å². The number of carbonyl (C=O) groups is 1. The molecule has 1 N–H and O–H groups in total. The number of aromatic nitrogens is 4. The van der Waals surface area contributed by atoms with Crippen molar-refractivity contribution in [2.24, 2.45) is 7.05 Å². The van der Waals surface area contributed by atoms with E-state index in [4.69, 9.17) is 4.74 Å². The average Bonchev–Trinajstić information content (AvgIpc) is 3.35. The Bertz CT molecular complexity index is 1280. The quantitative estimate of drug-likeness (QED) is 0.391. The summed E-state index contributed by atoms with van der Waals surface area (Å²) in [5.41, 5.74) is 5.37. The average molecular weight is 462 g/mol. The largest absolute Gasteiger partial charge is 0.497 e. The Balaban J connectivity index is 1.67. The molecule has 1 amide bonds. The van der Waals surface area contributed by atoms with Crippen LogP contribution in [0.2, 0.25) is 0 Å². The van der Waals surface area contributed by atoms with Crippen molar-refractivity contribution >= 4 is 23.4 Å². The highest BCUT2D eigenvalue weighted by Crippen LogP contribution is 2.33. The zero-order valence-corrected chi connectivity index (χ0v) is 20.2. The molecule has 7 nitrogen and oxygen atoms in total. The van der Waals surface area contributed by atoms with Gasteiger partial charge in [0, 0.05) is 18.7 Å². The van der Waals surface area contributed by atoms with Crippen LogP contribution in [0.15, 0.2) is 66.0 Å². The second kappa shape index (κ2) is 9.54. The second-order valence-corrected chi connectivity index (χ2v) is 9.06. The maximum atomic E-state index is 13.0. The zero-order chi connectivity index (χ0) is 23.5. The number of nitrogens with one attached hydrogen (secondary N) is 1. The number of hydrogen-bond acceptors (Lipinski definition) is 5. The number of anilines is 1. The van der Waals surface area contributed by atoms with Crippen molar-refractivity contribution in [2.75, 3.05) is 12.4 Å². The molecule has 2 heterocycles. The van der Waals surface area contributed by atoms with Crippen molar-refractivity contribution in [3.8, 4) is 22.7 Å². The van der Waals surface area contributed by atoms with Crippen LogP contribution in [0, 0.1) is 13.8 Å².